The van der Waals surface area contributed by atoms with Crippen LogP contribution < -0.4 is 19.2 Å². The Morgan fingerprint density at radius 1 is 0.569 bits per heavy atom. The van der Waals surface area contributed by atoms with Gasteiger partial charge in [-0.25, -0.2) is 16.8 Å². The number of hydrogen-bond donors (Lipinski definition) is 2. The van der Waals surface area contributed by atoms with Crippen LogP contribution in [-0.4, -0.2) is 62.3 Å². The van der Waals surface area contributed by atoms with Gasteiger partial charge in [-0.05, 0) is 61.4 Å². The molecule has 0 spiro atoms. The van der Waals surface area contributed by atoms with Gasteiger partial charge in [0.1, 0.15) is 35.9 Å². The molecule has 58 heavy (non-hydrogen) atoms. The van der Waals surface area contributed by atoms with E-state index < -0.39 is 20.0 Å². The van der Waals surface area contributed by atoms with Gasteiger partial charge in [0.25, 0.3) is 20.0 Å². The molecule has 4 aromatic carbocycles. The van der Waals surface area contributed by atoms with E-state index in [9.17, 15) is 26.4 Å². The van der Waals surface area contributed by atoms with Gasteiger partial charge in [-0.3, -0.25) is 27.6 Å². The first kappa shape index (κ1) is 40.5. The molecule has 2 aliphatic heterocycles. The fourth-order valence-electron chi connectivity index (χ4n) is 6.80. The number of anilines is 2. The summed E-state index contributed by atoms with van der Waals surface area (Å²) in [7, 11) is -4.30. The second kappa shape index (κ2) is 15.9. The second-order valence-electron chi connectivity index (χ2n) is 13.6. The number of carbonyl (C=O) groups excluding carboxylic acids is 2. The number of rotatable bonds is 8. The quantitative estimate of drug-likeness (QED) is 0.190. The molecular weight excluding hydrogens is 824 g/mol. The Bertz CT molecular complexity index is 2600. The lowest BCUT2D eigenvalue weighted by molar-refractivity contribution is -0.122. The average molecular weight is 862 g/mol. The lowest BCUT2D eigenvalue weighted by Gasteiger charge is -2.26. The summed E-state index contributed by atoms with van der Waals surface area (Å²) in [5.41, 5.74) is 6.28. The molecule has 0 bridgehead atoms. The minimum Gasteiger partial charge on any atom is -0.350 e. The highest BCUT2D eigenvalue weighted by molar-refractivity contribution is 7.93. The van der Waals surface area contributed by atoms with E-state index in [0.29, 0.717) is 68.4 Å². The molecule has 0 radical (unpaired) electrons. The molecule has 0 saturated heterocycles. The van der Waals surface area contributed by atoms with Crippen molar-refractivity contribution in [3.05, 3.63) is 130 Å². The number of amides is 2. The molecule has 0 atom stereocenters. The zero-order valence-electron chi connectivity index (χ0n) is 31.8. The van der Waals surface area contributed by atoms with Crippen molar-refractivity contribution in [2.24, 2.45) is 0 Å². The summed E-state index contributed by atoms with van der Waals surface area (Å²) in [6.45, 7) is 4.24. The van der Waals surface area contributed by atoms with E-state index in [-0.39, 0.29) is 34.7 Å². The van der Waals surface area contributed by atoms with Crippen LogP contribution in [-0.2, 0) is 55.8 Å². The van der Waals surface area contributed by atoms with Crippen LogP contribution in [0.1, 0.15) is 22.5 Å². The second-order valence-corrected chi connectivity index (χ2v) is 18.4. The molecule has 300 valence electrons. The van der Waals surface area contributed by atoms with Crippen molar-refractivity contribution in [3.63, 3.8) is 0 Å². The van der Waals surface area contributed by atoms with Crippen LogP contribution >= 0.6 is 23.2 Å². The summed E-state index contributed by atoms with van der Waals surface area (Å²) >= 11 is 11.7. The molecule has 6 aromatic rings. The summed E-state index contributed by atoms with van der Waals surface area (Å²) in [6.07, 6.45) is 0. The number of nitrogens with zero attached hydrogens (tertiary/aromatic N) is 6. The predicted octanol–water partition coefficient (Wildman–Crippen LogP) is 5.93. The van der Waals surface area contributed by atoms with Crippen molar-refractivity contribution in [1.29, 1.82) is 0 Å². The molecule has 2 N–H and O–H groups in total. The maximum Gasteiger partial charge on any atom is 0.264 e. The maximum absolute atomic E-state index is 12.8. The van der Waals surface area contributed by atoms with Crippen LogP contribution in [0.2, 0.25) is 10.0 Å². The number of nitrogens with one attached hydrogen (secondary N) is 2. The van der Waals surface area contributed by atoms with Gasteiger partial charge in [-0.2, -0.15) is 10.2 Å². The van der Waals surface area contributed by atoms with Crippen molar-refractivity contribution in [2.45, 2.75) is 49.8 Å². The molecule has 18 heteroatoms. The first-order valence-corrected chi connectivity index (χ1v) is 21.5. The van der Waals surface area contributed by atoms with E-state index in [0.717, 1.165) is 11.1 Å². The van der Waals surface area contributed by atoms with Gasteiger partial charge >= 0.3 is 0 Å². The first-order valence-electron chi connectivity index (χ1n) is 17.9. The Labute approximate surface area is 346 Å². The fourth-order valence-corrected chi connectivity index (χ4v) is 9.94. The van der Waals surface area contributed by atoms with Crippen molar-refractivity contribution >= 4 is 66.4 Å². The van der Waals surface area contributed by atoms with Crippen LogP contribution in [0.3, 0.4) is 0 Å². The third-order valence-corrected chi connectivity index (χ3v) is 14.1. The van der Waals surface area contributed by atoms with Crippen molar-refractivity contribution in [1.82, 2.24) is 30.2 Å². The van der Waals surface area contributed by atoms with Crippen molar-refractivity contribution in [2.75, 3.05) is 22.7 Å². The molecule has 2 aliphatic rings. The Balaban J connectivity index is 0.000000177. The summed E-state index contributed by atoms with van der Waals surface area (Å²) in [5, 5.41) is 16.1. The number of aromatic nitrogens is 4. The minimum absolute atomic E-state index is 0.0114. The Kier molecular flexibility index (Phi) is 11.1. The van der Waals surface area contributed by atoms with Gasteiger partial charge in [0, 0.05) is 48.4 Å². The van der Waals surface area contributed by atoms with E-state index in [4.69, 9.17) is 23.2 Å². The van der Waals surface area contributed by atoms with Gasteiger partial charge in [0.15, 0.2) is 0 Å². The highest BCUT2D eigenvalue weighted by Gasteiger charge is 2.38. The summed E-state index contributed by atoms with van der Waals surface area (Å²) in [5.74, 6) is -0.441. The average Bonchev–Trinajstić information content (AvgIpc) is 3.71. The lowest BCUT2D eigenvalue weighted by atomic mass is 10.1. The Morgan fingerprint density at radius 3 is 1.28 bits per heavy atom. The highest BCUT2D eigenvalue weighted by Crippen LogP contribution is 2.44. The minimum atomic E-state index is -3.65. The Hall–Kier alpha value is -5.68. The number of fused-ring (bicyclic) bond motifs is 6. The van der Waals surface area contributed by atoms with Gasteiger partial charge < -0.3 is 10.6 Å². The van der Waals surface area contributed by atoms with E-state index in [1.54, 1.807) is 86.6 Å². The van der Waals surface area contributed by atoms with Crippen LogP contribution in [0.15, 0.2) is 107 Å². The molecule has 8 rings (SSSR count). The SMILES string of the molecule is Cc1c2c(nn1CC(=O)NCc1ccc(Cl)cc1)-c1ccccc1S(=O)(=O)N2C.Cc1c2c(nn1CC(=O)NCc1ccc(Cl)cc1)-c1ccccc1S(=O)(=O)N2C. The molecular formula is C40H38Cl2N8O6S2. The van der Waals surface area contributed by atoms with Crippen molar-refractivity contribution in [3.8, 4) is 22.5 Å². The zero-order valence-corrected chi connectivity index (χ0v) is 34.9. The van der Waals surface area contributed by atoms with E-state index in [1.807, 2.05) is 24.3 Å². The molecule has 0 fully saturated rings. The fraction of sp³-hybridized carbons (Fsp3) is 0.200. The molecule has 0 unspecified atom stereocenters. The monoisotopic (exact) mass is 860 g/mol. The smallest absolute Gasteiger partial charge is 0.264 e. The third kappa shape index (κ3) is 7.67. The Morgan fingerprint density at radius 2 is 0.914 bits per heavy atom. The van der Waals surface area contributed by atoms with Crippen LogP contribution in [0.5, 0.6) is 0 Å². The molecule has 2 aromatic heterocycles. The topological polar surface area (TPSA) is 169 Å². The van der Waals surface area contributed by atoms with Crippen LogP contribution in [0.25, 0.3) is 22.5 Å². The lowest BCUT2D eigenvalue weighted by Crippen LogP contribution is -2.30. The molecule has 2 amide bonds. The number of hydrogen-bond acceptors (Lipinski definition) is 8. The summed E-state index contributed by atoms with van der Waals surface area (Å²) in [6, 6.07) is 28.0. The summed E-state index contributed by atoms with van der Waals surface area (Å²) in [4.78, 5) is 25.3. The van der Waals surface area contributed by atoms with E-state index in [1.165, 1.54) is 32.1 Å². The van der Waals surface area contributed by atoms with Gasteiger partial charge in [0.2, 0.25) is 11.8 Å². The molecule has 4 heterocycles. The van der Waals surface area contributed by atoms with Gasteiger partial charge in [-0.15, -0.1) is 0 Å². The first-order chi connectivity index (χ1) is 27.6. The number of carbonyl (C=O) groups is 2. The molecule has 0 saturated carbocycles. The zero-order chi connectivity index (χ0) is 41.5. The van der Waals surface area contributed by atoms with Gasteiger partial charge in [-0.1, -0.05) is 83.9 Å². The number of halogens is 2. The van der Waals surface area contributed by atoms with Gasteiger partial charge in [0.05, 0.1) is 21.2 Å². The van der Waals surface area contributed by atoms with Crippen LogP contribution in [0, 0.1) is 13.8 Å². The van der Waals surface area contributed by atoms with Crippen molar-refractivity contribution < 1.29 is 26.4 Å². The normalized spacial score (nSPS) is 14.2. The largest absolute Gasteiger partial charge is 0.350 e. The molecule has 14 nitrogen and oxygen atoms in total. The highest BCUT2D eigenvalue weighted by atomic mass is 35.5. The van der Waals surface area contributed by atoms with Crippen LogP contribution in [0.4, 0.5) is 11.4 Å². The molecule has 0 aliphatic carbocycles. The third-order valence-electron chi connectivity index (χ3n) is 9.93. The number of sulfonamides is 2. The summed E-state index contributed by atoms with van der Waals surface area (Å²) < 4.78 is 56.9. The number of benzene rings is 4. The standard InChI is InChI=1S/2C20H19ClN4O3S/c2*1-13-20-19(16-5-3-4-6-17(16)29(27,28)24(20)2)23-25(13)12-18(26)22-11-14-7-9-15(21)10-8-14/h2*3-10H,11-12H2,1-2H3,(H,22,26). The van der Waals surface area contributed by atoms with E-state index in [2.05, 4.69) is 20.8 Å². The maximum atomic E-state index is 12.8. The predicted molar refractivity (Wildman–Crippen MR) is 223 cm³/mol. The van der Waals surface area contributed by atoms with E-state index >= 15 is 0 Å².